The molecule has 10 aromatic rings. The normalized spacial score (nSPS) is 20.8. The van der Waals surface area contributed by atoms with Crippen molar-refractivity contribution in [2.45, 2.75) is 43.9 Å². The highest BCUT2D eigenvalue weighted by Crippen LogP contribution is 2.62. The second-order valence-electron chi connectivity index (χ2n) is 18.0. The summed E-state index contributed by atoms with van der Waals surface area (Å²) in [6.07, 6.45) is 8.16. The summed E-state index contributed by atoms with van der Waals surface area (Å²) >= 11 is 0. The fraction of sp³-hybridized carbons (Fsp3) is 0.179. The van der Waals surface area contributed by atoms with Gasteiger partial charge in [-0.1, -0.05) is 133 Å². The zero-order chi connectivity index (χ0) is 39.4. The van der Waals surface area contributed by atoms with E-state index in [1.165, 1.54) is 87.9 Å². The van der Waals surface area contributed by atoms with Crippen LogP contribution in [0.1, 0.15) is 44.1 Å². The Bertz CT molecular complexity index is 3030. The summed E-state index contributed by atoms with van der Waals surface area (Å²) < 4.78 is 4.62. The molecule has 14 rings (SSSR count). The Kier molecular flexibility index (Phi) is 7.46. The van der Waals surface area contributed by atoms with E-state index in [0.29, 0.717) is 5.95 Å². The smallest absolute Gasteiger partial charge is 0.237 e. The van der Waals surface area contributed by atoms with E-state index in [9.17, 15) is 0 Å². The van der Waals surface area contributed by atoms with E-state index in [0.717, 1.165) is 56.9 Å². The van der Waals surface area contributed by atoms with Crippen LogP contribution in [0.4, 0.5) is 0 Å². The summed E-state index contributed by atoms with van der Waals surface area (Å²) in [6.45, 7) is 0. The van der Waals surface area contributed by atoms with Crippen molar-refractivity contribution in [3.8, 4) is 45.3 Å². The molecule has 4 aliphatic rings. The number of para-hydroxylation sites is 4. The molecule has 0 amide bonds. The van der Waals surface area contributed by atoms with Crippen LogP contribution in [0.15, 0.2) is 176 Å². The Morgan fingerprint density at radius 3 is 1.33 bits per heavy atom. The van der Waals surface area contributed by atoms with E-state index in [-0.39, 0.29) is 5.41 Å². The number of rotatable bonds is 6. The SMILES string of the molecule is c1ccc(-c2cc(C34CC5CC(CC(C5)C3)C4)c(-c3ccccc3)cc2-c2cc(-n3c4ccccc4c4ccccc43)nc(-n3c4ccccc4c4ccccc43)n2)cc1. The third-order valence-corrected chi connectivity index (χ3v) is 14.5. The molecule has 4 saturated carbocycles. The molecule has 0 aliphatic heterocycles. The molecule has 4 aliphatic carbocycles. The van der Waals surface area contributed by atoms with E-state index >= 15 is 0 Å². The lowest BCUT2D eigenvalue weighted by molar-refractivity contribution is -0.00490. The first kappa shape index (κ1) is 34.1. The fourth-order valence-electron chi connectivity index (χ4n) is 12.5. The molecule has 0 atom stereocenters. The van der Waals surface area contributed by atoms with E-state index in [1.54, 1.807) is 0 Å². The Labute approximate surface area is 349 Å². The van der Waals surface area contributed by atoms with Crippen LogP contribution in [0.2, 0.25) is 0 Å². The predicted octanol–water partition coefficient (Wildman–Crippen LogP) is 14.1. The second-order valence-corrected chi connectivity index (χ2v) is 18.0. The molecular formula is C56H44N4. The average molecular weight is 773 g/mol. The van der Waals surface area contributed by atoms with Crippen molar-refractivity contribution in [2.75, 3.05) is 0 Å². The van der Waals surface area contributed by atoms with Gasteiger partial charge in [-0.2, -0.15) is 4.98 Å². The lowest BCUT2D eigenvalue weighted by Crippen LogP contribution is -2.48. The van der Waals surface area contributed by atoms with Crippen LogP contribution >= 0.6 is 0 Å². The van der Waals surface area contributed by atoms with Gasteiger partial charge in [0.2, 0.25) is 5.95 Å². The van der Waals surface area contributed by atoms with Crippen LogP contribution < -0.4 is 0 Å². The Balaban J connectivity index is 1.15. The van der Waals surface area contributed by atoms with Crippen molar-refractivity contribution in [1.82, 2.24) is 19.1 Å². The molecule has 0 unspecified atom stereocenters. The molecule has 0 radical (unpaired) electrons. The van der Waals surface area contributed by atoms with Crippen LogP contribution in [-0.4, -0.2) is 19.1 Å². The van der Waals surface area contributed by atoms with Gasteiger partial charge in [-0.3, -0.25) is 9.13 Å². The molecule has 288 valence electrons. The van der Waals surface area contributed by atoms with Gasteiger partial charge in [0, 0.05) is 33.2 Å². The third-order valence-electron chi connectivity index (χ3n) is 14.5. The molecule has 3 heterocycles. The first-order valence-corrected chi connectivity index (χ1v) is 21.8. The van der Waals surface area contributed by atoms with E-state index in [2.05, 4.69) is 185 Å². The minimum absolute atomic E-state index is 0.190. The van der Waals surface area contributed by atoms with Gasteiger partial charge in [0.25, 0.3) is 0 Å². The molecule has 4 heteroatoms. The summed E-state index contributed by atoms with van der Waals surface area (Å²) in [4.78, 5) is 11.3. The summed E-state index contributed by atoms with van der Waals surface area (Å²) in [5, 5.41) is 4.81. The van der Waals surface area contributed by atoms with Gasteiger partial charge in [-0.25, -0.2) is 4.98 Å². The minimum Gasteiger partial charge on any atom is -0.294 e. The van der Waals surface area contributed by atoms with Gasteiger partial charge < -0.3 is 0 Å². The zero-order valence-electron chi connectivity index (χ0n) is 33.5. The first-order valence-electron chi connectivity index (χ1n) is 21.8. The largest absolute Gasteiger partial charge is 0.294 e. The Morgan fingerprint density at radius 2 is 0.833 bits per heavy atom. The lowest BCUT2D eigenvalue weighted by Gasteiger charge is -2.57. The minimum atomic E-state index is 0.190. The lowest BCUT2D eigenvalue weighted by atomic mass is 9.47. The van der Waals surface area contributed by atoms with Crippen molar-refractivity contribution in [2.24, 2.45) is 17.8 Å². The third kappa shape index (κ3) is 5.16. The predicted molar refractivity (Wildman–Crippen MR) is 247 cm³/mol. The van der Waals surface area contributed by atoms with Gasteiger partial charge in [0.15, 0.2) is 0 Å². The molecule has 3 aromatic heterocycles. The standard InChI is InChI=1S/C56H44N4/c1-3-15-39(16-4-1)45-31-48(56-33-36-27-37(34-56)29-38(28-36)35-56)46(40-17-5-2-6-18-40)30-47(45)49-32-54(59-50-23-11-7-19-41(50)42-20-8-12-24-51(42)59)58-55(57-49)60-52-25-13-9-21-43(52)44-22-10-14-26-53(44)60/h1-26,30-32,36-38H,27-29,33-35H2. The summed E-state index contributed by atoms with van der Waals surface area (Å²) in [6, 6.07) is 64.4. The van der Waals surface area contributed by atoms with Gasteiger partial charge >= 0.3 is 0 Å². The van der Waals surface area contributed by atoms with Crippen LogP contribution in [0.5, 0.6) is 0 Å². The van der Waals surface area contributed by atoms with Crippen molar-refractivity contribution in [1.29, 1.82) is 0 Å². The first-order chi connectivity index (χ1) is 29.7. The number of nitrogens with zero attached hydrogens (tertiary/aromatic N) is 4. The number of benzene rings is 7. The van der Waals surface area contributed by atoms with Crippen LogP contribution in [-0.2, 0) is 5.41 Å². The van der Waals surface area contributed by atoms with Crippen LogP contribution in [0.3, 0.4) is 0 Å². The molecule has 4 fully saturated rings. The highest BCUT2D eigenvalue weighted by atomic mass is 15.2. The van der Waals surface area contributed by atoms with Gasteiger partial charge in [-0.15, -0.1) is 0 Å². The van der Waals surface area contributed by atoms with Gasteiger partial charge in [0.05, 0.1) is 27.8 Å². The van der Waals surface area contributed by atoms with Crippen molar-refractivity contribution in [3.63, 3.8) is 0 Å². The Hall–Kier alpha value is -6.78. The maximum Gasteiger partial charge on any atom is 0.237 e. The molecule has 7 aromatic carbocycles. The van der Waals surface area contributed by atoms with Crippen LogP contribution in [0.25, 0.3) is 88.9 Å². The van der Waals surface area contributed by atoms with E-state index in [4.69, 9.17) is 9.97 Å². The molecule has 4 bridgehead atoms. The molecule has 0 spiro atoms. The molecule has 0 saturated heterocycles. The summed E-state index contributed by atoms with van der Waals surface area (Å²) in [5.41, 5.74) is 13.3. The molecular weight excluding hydrogens is 729 g/mol. The molecule has 4 nitrogen and oxygen atoms in total. The van der Waals surface area contributed by atoms with Gasteiger partial charge in [0.1, 0.15) is 5.82 Å². The number of hydrogen-bond acceptors (Lipinski definition) is 2. The topological polar surface area (TPSA) is 35.6 Å². The number of hydrogen-bond donors (Lipinski definition) is 0. The maximum atomic E-state index is 5.70. The average Bonchev–Trinajstić information content (AvgIpc) is 3.82. The number of aromatic nitrogens is 4. The summed E-state index contributed by atoms with van der Waals surface area (Å²) in [5.74, 6) is 4.02. The van der Waals surface area contributed by atoms with Crippen molar-refractivity contribution >= 4 is 43.6 Å². The maximum absolute atomic E-state index is 5.70. The van der Waals surface area contributed by atoms with Crippen molar-refractivity contribution < 1.29 is 0 Å². The summed E-state index contributed by atoms with van der Waals surface area (Å²) in [7, 11) is 0. The highest BCUT2D eigenvalue weighted by Gasteiger charge is 2.52. The van der Waals surface area contributed by atoms with Crippen molar-refractivity contribution in [3.05, 3.63) is 181 Å². The molecule has 0 N–H and O–H groups in total. The molecule has 60 heavy (non-hydrogen) atoms. The number of fused-ring (bicyclic) bond motifs is 6. The van der Waals surface area contributed by atoms with Crippen LogP contribution in [0, 0.1) is 17.8 Å². The quantitative estimate of drug-likeness (QED) is 0.169. The van der Waals surface area contributed by atoms with E-state index < -0.39 is 0 Å². The highest BCUT2D eigenvalue weighted by molar-refractivity contribution is 6.10. The van der Waals surface area contributed by atoms with E-state index in [1.807, 2.05) is 0 Å². The Morgan fingerprint density at radius 1 is 0.400 bits per heavy atom. The fourth-order valence-corrected chi connectivity index (χ4v) is 12.5. The zero-order valence-corrected chi connectivity index (χ0v) is 33.5. The van der Waals surface area contributed by atoms with Gasteiger partial charge in [-0.05, 0) is 126 Å². The second kappa shape index (κ2) is 13.1. The monoisotopic (exact) mass is 772 g/mol.